The lowest BCUT2D eigenvalue weighted by Gasteiger charge is -2.33. The van der Waals surface area contributed by atoms with Crippen LogP contribution in [0, 0.1) is 0 Å². The molecule has 1 aliphatic rings. The Bertz CT molecular complexity index is 566. The molecule has 124 valence electrons. The quantitative estimate of drug-likeness (QED) is 0.767. The SMILES string of the molecule is CS(=O)(=O)N1CCN(CCNC(=O)NCc2cccs2)CC1. The first-order chi connectivity index (χ1) is 10.4. The monoisotopic (exact) mass is 346 g/mol. The van der Waals surface area contributed by atoms with Crippen LogP contribution >= 0.6 is 11.3 Å². The molecule has 1 saturated heterocycles. The molecule has 0 unspecified atom stereocenters. The number of nitrogens with zero attached hydrogens (tertiary/aromatic N) is 2. The van der Waals surface area contributed by atoms with E-state index >= 15 is 0 Å². The molecular formula is C13H22N4O3S2. The van der Waals surface area contributed by atoms with Gasteiger partial charge in [0, 0.05) is 44.1 Å². The molecule has 0 bridgehead atoms. The zero-order valence-corrected chi connectivity index (χ0v) is 14.3. The van der Waals surface area contributed by atoms with Crippen LogP contribution in [0.25, 0.3) is 0 Å². The van der Waals surface area contributed by atoms with E-state index in [4.69, 9.17) is 0 Å². The molecule has 1 aromatic rings. The van der Waals surface area contributed by atoms with Gasteiger partial charge in [0.25, 0.3) is 0 Å². The van der Waals surface area contributed by atoms with Gasteiger partial charge in [0.2, 0.25) is 10.0 Å². The van der Waals surface area contributed by atoms with E-state index in [1.807, 2.05) is 17.5 Å². The maximum absolute atomic E-state index is 11.6. The van der Waals surface area contributed by atoms with Crippen molar-refractivity contribution in [1.29, 1.82) is 0 Å². The average Bonchev–Trinajstić information content (AvgIpc) is 2.98. The molecule has 1 fully saturated rings. The van der Waals surface area contributed by atoms with Gasteiger partial charge in [0.05, 0.1) is 12.8 Å². The van der Waals surface area contributed by atoms with Crippen LogP contribution in [0.4, 0.5) is 4.79 Å². The molecule has 22 heavy (non-hydrogen) atoms. The largest absolute Gasteiger partial charge is 0.337 e. The van der Waals surface area contributed by atoms with Gasteiger partial charge in [-0.1, -0.05) is 6.07 Å². The smallest absolute Gasteiger partial charge is 0.315 e. The highest BCUT2D eigenvalue weighted by Gasteiger charge is 2.22. The zero-order valence-electron chi connectivity index (χ0n) is 12.6. The van der Waals surface area contributed by atoms with E-state index in [0.29, 0.717) is 39.3 Å². The Kier molecular flexibility index (Phi) is 6.18. The molecule has 2 N–H and O–H groups in total. The topological polar surface area (TPSA) is 81.8 Å². The highest BCUT2D eigenvalue weighted by atomic mass is 32.2. The Morgan fingerprint density at radius 2 is 2.00 bits per heavy atom. The molecular weight excluding hydrogens is 324 g/mol. The number of urea groups is 1. The summed E-state index contributed by atoms with van der Waals surface area (Å²) >= 11 is 1.61. The standard InChI is InChI=1S/C13H22N4O3S2/c1-22(19,20)17-8-6-16(7-9-17)5-4-14-13(18)15-11-12-3-2-10-21-12/h2-3,10H,4-9,11H2,1H3,(H2,14,15,18). The highest BCUT2D eigenvalue weighted by molar-refractivity contribution is 7.88. The van der Waals surface area contributed by atoms with Gasteiger partial charge < -0.3 is 10.6 Å². The van der Waals surface area contributed by atoms with Gasteiger partial charge in [0.15, 0.2) is 0 Å². The zero-order chi connectivity index (χ0) is 16.0. The fourth-order valence-corrected chi connectivity index (χ4v) is 3.73. The number of hydrogen-bond acceptors (Lipinski definition) is 5. The molecule has 2 amide bonds. The third-order valence-corrected chi connectivity index (χ3v) is 5.70. The van der Waals surface area contributed by atoms with Crippen molar-refractivity contribution in [1.82, 2.24) is 19.8 Å². The first kappa shape index (κ1) is 17.2. The minimum atomic E-state index is -3.08. The Morgan fingerprint density at radius 1 is 1.27 bits per heavy atom. The lowest BCUT2D eigenvalue weighted by molar-refractivity contribution is 0.188. The molecule has 2 rings (SSSR count). The lowest BCUT2D eigenvalue weighted by Crippen LogP contribution is -2.50. The van der Waals surface area contributed by atoms with Crippen molar-refractivity contribution in [2.24, 2.45) is 0 Å². The number of carbonyl (C=O) groups excluding carboxylic acids is 1. The highest BCUT2D eigenvalue weighted by Crippen LogP contribution is 2.07. The Hall–Kier alpha value is -1.16. The minimum Gasteiger partial charge on any atom is -0.337 e. The predicted octanol–water partition coefficient (Wildman–Crippen LogP) is 0.125. The maximum atomic E-state index is 11.6. The van der Waals surface area contributed by atoms with Crippen LogP contribution in [0.5, 0.6) is 0 Å². The Balaban J connectivity index is 1.58. The predicted molar refractivity (Wildman–Crippen MR) is 87.4 cm³/mol. The first-order valence-electron chi connectivity index (χ1n) is 7.17. The van der Waals surface area contributed by atoms with Gasteiger partial charge in [-0.15, -0.1) is 11.3 Å². The van der Waals surface area contributed by atoms with Gasteiger partial charge in [-0.05, 0) is 11.4 Å². The van der Waals surface area contributed by atoms with E-state index in [-0.39, 0.29) is 6.03 Å². The van der Waals surface area contributed by atoms with Crippen molar-refractivity contribution in [2.45, 2.75) is 6.54 Å². The molecule has 0 aromatic carbocycles. The van der Waals surface area contributed by atoms with E-state index in [9.17, 15) is 13.2 Å². The Morgan fingerprint density at radius 3 is 2.59 bits per heavy atom. The van der Waals surface area contributed by atoms with E-state index < -0.39 is 10.0 Å². The molecule has 7 nitrogen and oxygen atoms in total. The Labute approximate surface area is 135 Å². The van der Waals surface area contributed by atoms with Crippen molar-refractivity contribution >= 4 is 27.4 Å². The van der Waals surface area contributed by atoms with Crippen molar-refractivity contribution in [2.75, 3.05) is 45.5 Å². The van der Waals surface area contributed by atoms with Crippen molar-refractivity contribution in [3.05, 3.63) is 22.4 Å². The molecule has 2 heterocycles. The normalized spacial score (nSPS) is 17.3. The summed E-state index contributed by atoms with van der Waals surface area (Å²) in [6, 6.07) is 3.75. The van der Waals surface area contributed by atoms with Gasteiger partial charge in [0.1, 0.15) is 0 Å². The first-order valence-corrected chi connectivity index (χ1v) is 9.89. The molecule has 0 radical (unpaired) electrons. The summed E-state index contributed by atoms with van der Waals surface area (Å²) in [5.74, 6) is 0. The molecule has 0 aliphatic carbocycles. The van der Waals surface area contributed by atoms with Crippen LogP contribution in [-0.2, 0) is 16.6 Å². The lowest BCUT2D eigenvalue weighted by atomic mass is 10.3. The van der Waals surface area contributed by atoms with Crippen molar-refractivity contribution < 1.29 is 13.2 Å². The number of thiophene rings is 1. The second-order valence-electron chi connectivity index (χ2n) is 5.19. The molecule has 1 aliphatic heterocycles. The summed E-state index contributed by atoms with van der Waals surface area (Å²) in [4.78, 5) is 14.9. The van der Waals surface area contributed by atoms with Crippen LogP contribution in [-0.4, -0.2) is 69.2 Å². The third-order valence-electron chi connectivity index (χ3n) is 3.52. The van der Waals surface area contributed by atoms with Crippen LogP contribution in [0.1, 0.15) is 4.88 Å². The van der Waals surface area contributed by atoms with Crippen LogP contribution in [0.2, 0.25) is 0 Å². The minimum absolute atomic E-state index is 0.178. The van der Waals surface area contributed by atoms with Crippen LogP contribution in [0.15, 0.2) is 17.5 Å². The van der Waals surface area contributed by atoms with E-state index in [0.717, 1.165) is 11.4 Å². The number of piperazine rings is 1. The number of hydrogen-bond donors (Lipinski definition) is 2. The molecule has 1 aromatic heterocycles. The van der Waals surface area contributed by atoms with Crippen molar-refractivity contribution in [3.63, 3.8) is 0 Å². The van der Waals surface area contributed by atoms with Crippen LogP contribution < -0.4 is 10.6 Å². The van der Waals surface area contributed by atoms with Gasteiger partial charge in [-0.25, -0.2) is 13.2 Å². The molecule has 9 heteroatoms. The summed E-state index contributed by atoms with van der Waals surface area (Å²) in [6.45, 7) is 4.25. The van der Waals surface area contributed by atoms with Gasteiger partial charge >= 0.3 is 6.03 Å². The number of sulfonamides is 1. The number of amides is 2. The molecule has 0 spiro atoms. The summed E-state index contributed by atoms with van der Waals surface area (Å²) in [6.07, 6.45) is 1.24. The molecule has 0 atom stereocenters. The fraction of sp³-hybridized carbons (Fsp3) is 0.615. The summed E-state index contributed by atoms with van der Waals surface area (Å²) in [7, 11) is -3.08. The fourth-order valence-electron chi connectivity index (χ4n) is 2.26. The van der Waals surface area contributed by atoms with E-state index in [1.54, 1.807) is 11.3 Å². The summed E-state index contributed by atoms with van der Waals surface area (Å²) < 4.78 is 24.3. The molecule has 0 saturated carbocycles. The number of rotatable bonds is 6. The van der Waals surface area contributed by atoms with Gasteiger partial charge in [-0.2, -0.15) is 4.31 Å². The second-order valence-corrected chi connectivity index (χ2v) is 8.21. The van der Waals surface area contributed by atoms with Crippen LogP contribution in [0.3, 0.4) is 0 Å². The summed E-state index contributed by atoms with van der Waals surface area (Å²) in [5, 5.41) is 7.60. The van der Waals surface area contributed by atoms with E-state index in [2.05, 4.69) is 15.5 Å². The van der Waals surface area contributed by atoms with E-state index in [1.165, 1.54) is 10.6 Å². The number of nitrogens with one attached hydrogen (secondary N) is 2. The van der Waals surface area contributed by atoms with Crippen molar-refractivity contribution in [3.8, 4) is 0 Å². The third kappa shape index (κ3) is 5.56. The van der Waals surface area contributed by atoms with Gasteiger partial charge in [-0.3, -0.25) is 4.90 Å². The number of carbonyl (C=O) groups is 1. The maximum Gasteiger partial charge on any atom is 0.315 e. The average molecular weight is 346 g/mol. The summed E-state index contributed by atoms with van der Waals surface area (Å²) in [5.41, 5.74) is 0. The second kappa shape index (κ2) is 7.91.